The Bertz CT molecular complexity index is 994. The van der Waals surface area contributed by atoms with Gasteiger partial charge in [-0.2, -0.15) is 4.31 Å². The van der Waals surface area contributed by atoms with Crippen molar-refractivity contribution >= 4 is 10.0 Å². The predicted molar refractivity (Wildman–Crippen MR) is 104 cm³/mol. The summed E-state index contributed by atoms with van der Waals surface area (Å²) in [5, 5.41) is 0. The number of sulfonamides is 1. The number of hydrogen-bond donors (Lipinski definition) is 0. The lowest BCUT2D eigenvalue weighted by molar-refractivity contribution is 0.195. The van der Waals surface area contributed by atoms with E-state index in [1.165, 1.54) is 39.3 Å². The number of halogens is 1. The summed E-state index contributed by atoms with van der Waals surface area (Å²) in [5.41, 5.74) is 0.729. The van der Waals surface area contributed by atoms with Gasteiger partial charge in [-0.1, -0.05) is 12.1 Å². The summed E-state index contributed by atoms with van der Waals surface area (Å²) in [6.07, 6.45) is 5.28. The Hall–Kier alpha value is -2.03. The van der Waals surface area contributed by atoms with Gasteiger partial charge in [0.15, 0.2) is 0 Å². The predicted octanol–water partition coefficient (Wildman–Crippen LogP) is 2.39. The van der Waals surface area contributed by atoms with Crippen molar-refractivity contribution < 1.29 is 12.8 Å². The third-order valence-electron chi connectivity index (χ3n) is 5.36. The number of nitrogens with zero attached hydrogens (tertiary/aromatic N) is 3. The molecule has 1 aliphatic carbocycles. The summed E-state index contributed by atoms with van der Waals surface area (Å²) in [7, 11) is -3.57. The normalized spacial score (nSPS) is 18.1. The molecule has 1 aliphatic heterocycles. The zero-order valence-electron chi connectivity index (χ0n) is 15.6. The first kappa shape index (κ1) is 19.3. The third-order valence-corrected chi connectivity index (χ3v) is 7.24. The van der Waals surface area contributed by atoms with E-state index in [0.29, 0.717) is 32.3 Å². The smallest absolute Gasteiger partial charge is 0.251 e. The molecule has 4 rings (SSSR count). The van der Waals surface area contributed by atoms with E-state index < -0.39 is 10.0 Å². The lowest BCUT2D eigenvalue weighted by atomic mass is 10.2. The first-order valence-corrected chi connectivity index (χ1v) is 11.1. The van der Waals surface area contributed by atoms with Crippen molar-refractivity contribution in [3.8, 4) is 0 Å². The molecular formula is C20H24FN3O3S. The molecule has 150 valence electrons. The van der Waals surface area contributed by atoms with Gasteiger partial charge in [0, 0.05) is 37.9 Å². The molecule has 1 aromatic heterocycles. The highest BCUT2D eigenvalue weighted by Crippen LogP contribution is 2.29. The molecule has 2 heterocycles. The second kappa shape index (κ2) is 7.77. The summed E-state index contributed by atoms with van der Waals surface area (Å²) in [6.45, 7) is 1.95. The zero-order chi connectivity index (χ0) is 19.7. The van der Waals surface area contributed by atoms with E-state index in [1.807, 2.05) is 0 Å². The lowest BCUT2D eigenvalue weighted by Gasteiger charge is -2.24. The summed E-state index contributed by atoms with van der Waals surface area (Å²) in [5.74, 6) is -0.280. The molecule has 2 aromatic rings. The van der Waals surface area contributed by atoms with E-state index in [4.69, 9.17) is 0 Å². The van der Waals surface area contributed by atoms with Crippen molar-refractivity contribution in [3.63, 3.8) is 0 Å². The molecule has 1 saturated heterocycles. The highest BCUT2D eigenvalue weighted by Gasteiger charge is 2.30. The minimum Gasteiger partial charge on any atom is -0.301 e. The van der Waals surface area contributed by atoms with Crippen LogP contribution in [0.4, 0.5) is 4.39 Å². The highest BCUT2D eigenvalue weighted by molar-refractivity contribution is 7.89. The summed E-state index contributed by atoms with van der Waals surface area (Å²) in [4.78, 5) is 14.7. The van der Waals surface area contributed by atoms with Gasteiger partial charge >= 0.3 is 0 Å². The molecule has 28 heavy (non-hydrogen) atoms. The van der Waals surface area contributed by atoms with Crippen LogP contribution in [0.15, 0.2) is 52.3 Å². The summed E-state index contributed by atoms with van der Waals surface area (Å²) in [6, 6.07) is 9.41. The van der Waals surface area contributed by atoms with Gasteiger partial charge in [0.1, 0.15) is 5.82 Å². The Balaban J connectivity index is 1.57. The fourth-order valence-corrected chi connectivity index (χ4v) is 5.14. The molecule has 0 unspecified atom stereocenters. The van der Waals surface area contributed by atoms with E-state index in [2.05, 4.69) is 4.90 Å². The maximum atomic E-state index is 13.2. The molecule has 0 radical (unpaired) electrons. The average Bonchev–Trinajstić information content (AvgIpc) is 3.37. The van der Waals surface area contributed by atoms with Crippen molar-refractivity contribution in [1.29, 1.82) is 0 Å². The van der Waals surface area contributed by atoms with Gasteiger partial charge in [-0.25, -0.2) is 12.8 Å². The van der Waals surface area contributed by atoms with Crippen LogP contribution in [0, 0.1) is 5.82 Å². The zero-order valence-corrected chi connectivity index (χ0v) is 16.4. The minimum atomic E-state index is -3.57. The van der Waals surface area contributed by atoms with Crippen molar-refractivity contribution in [1.82, 2.24) is 13.8 Å². The minimum absolute atomic E-state index is 0.159. The Morgan fingerprint density at radius 2 is 1.71 bits per heavy atom. The maximum absolute atomic E-state index is 13.2. The third kappa shape index (κ3) is 4.19. The molecule has 2 fully saturated rings. The van der Waals surface area contributed by atoms with E-state index in [-0.39, 0.29) is 16.3 Å². The Kier molecular flexibility index (Phi) is 5.35. The van der Waals surface area contributed by atoms with Crippen LogP contribution < -0.4 is 5.56 Å². The van der Waals surface area contributed by atoms with Crippen LogP contribution in [0.1, 0.15) is 31.2 Å². The van der Waals surface area contributed by atoms with E-state index in [9.17, 15) is 17.6 Å². The summed E-state index contributed by atoms with van der Waals surface area (Å²) >= 11 is 0. The molecule has 6 nitrogen and oxygen atoms in total. The molecule has 0 amide bonds. The van der Waals surface area contributed by atoms with Crippen LogP contribution in [0.3, 0.4) is 0 Å². The van der Waals surface area contributed by atoms with Gasteiger partial charge in [0.25, 0.3) is 5.56 Å². The van der Waals surface area contributed by atoms with Crippen molar-refractivity contribution in [2.45, 2.75) is 49.8 Å². The van der Waals surface area contributed by atoms with Gasteiger partial charge < -0.3 is 4.57 Å². The second-order valence-corrected chi connectivity index (χ2v) is 9.47. The van der Waals surface area contributed by atoms with E-state index >= 15 is 0 Å². The van der Waals surface area contributed by atoms with Gasteiger partial charge in [-0.15, -0.1) is 0 Å². The number of aromatic nitrogens is 1. The lowest BCUT2D eigenvalue weighted by Crippen LogP contribution is -2.34. The highest BCUT2D eigenvalue weighted by atomic mass is 32.2. The quantitative estimate of drug-likeness (QED) is 0.710. The molecule has 1 aromatic carbocycles. The van der Waals surface area contributed by atoms with Crippen LogP contribution in [-0.2, 0) is 23.2 Å². The Morgan fingerprint density at radius 1 is 1.04 bits per heavy atom. The van der Waals surface area contributed by atoms with Gasteiger partial charge in [0.2, 0.25) is 10.0 Å². The molecule has 8 heteroatoms. The molecule has 0 N–H and O–H groups in total. The molecule has 0 atom stereocenters. The average molecular weight is 405 g/mol. The summed E-state index contributed by atoms with van der Waals surface area (Å²) < 4.78 is 41.7. The van der Waals surface area contributed by atoms with Crippen molar-refractivity contribution in [3.05, 3.63) is 64.3 Å². The number of benzene rings is 1. The van der Waals surface area contributed by atoms with Crippen LogP contribution in [-0.4, -0.2) is 41.3 Å². The Labute approximate surface area is 164 Å². The standard InChI is InChI=1S/C20H24FN3O3S/c21-17-5-3-16(4-6-17)13-22(18-7-8-18)15-23-14-19(9-10-20(23)25)28(26,27)24-11-1-2-12-24/h3-6,9-10,14,18H,1-2,7-8,11-13,15H2. The van der Waals surface area contributed by atoms with Gasteiger partial charge in [-0.3, -0.25) is 9.69 Å². The first-order chi connectivity index (χ1) is 13.4. The van der Waals surface area contributed by atoms with Gasteiger partial charge in [-0.05, 0) is 49.4 Å². The van der Waals surface area contributed by atoms with Crippen LogP contribution >= 0.6 is 0 Å². The van der Waals surface area contributed by atoms with Crippen molar-refractivity contribution in [2.75, 3.05) is 13.1 Å². The number of pyridine rings is 1. The van der Waals surface area contributed by atoms with E-state index in [0.717, 1.165) is 31.2 Å². The topological polar surface area (TPSA) is 62.6 Å². The van der Waals surface area contributed by atoms with Gasteiger partial charge in [0.05, 0.1) is 11.6 Å². The van der Waals surface area contributed by atoms with Crippen LogP contribution in [0.2, 0.25) is 0 Å². The SMILES string of the molecule is O=c1ccc(S(=O)(=O)N2CCCC2)cn1CN(Cc1ccc(F)cc1)C1CC1. The largest absolute Gasteiger partial charge is 0.301 e. The van der Waals surface area contributed by atoms with E-state index in [1.54, 1.807) is 12.1 Å². The fraction of sp³-hybridized carbons (Fsp3) is 0.450. The first-order valence-electron chi connectivity index (χ1n) is 9.63. The molecular weight excluding hydrogens is 381 g/mol. The van der Waals surface area contributed by atoms with Crippen molar-refractivity contribution in [2.24, 2.45) is 0 Å². The maximum Gasteiger partial charge on any atom is 0.251 e. The number of rotatable bonds is 7. The molecule has 1 saturated carbocycles. The molecule has 2 aliphatic rings. The van der Waals surface area contributed by atoms with Crippen LogP contribution in [0.5, 0.6) is 0 Å². The molecule has 0 spiro atoms. The number of hydrogen-bond acceptors (Lipinski definition) is 4. The Morgan fingerprint density at radius 3 is 2.36 bits per heavy atom. The molecule has 0 bridgehead atoms. The fourth-order valence-electron chi connectivity index (χ4n) is 3.60. The monoisotopic (exact) mass is 405 g/mol. The second-order valence-electron chi connectivity index (χ2n) is 7.53. The van der Waals surface area contributed by atoms with Crippen LogP contribution in [0.25, 0.3) is 0 Å².